The molecule has 9 nitrogen and oxygen atoms in total. The van der Waals surface area contributed by atoms with E-state index < -0.39 is 15.9 Å². The van der Waals surface area contributed by atoms with Gasteiger partial charge in [0.2, 0.25) is 0 Å². The van der Waals surface area contributed by atoms with Crippen molar-refractivity contribution in [3.8, 4) is 0 Å². The van der Waals surface area contributed by atoms with Crippen LogP contribution in [0.5, 0.6) is 0 Å². The molecule has 20 heavy (non-hydrogen) atoms. The standard InChI is InChI=1S/C10H12N6O3S/c1-7-9(6-13-16(7)2)20(18,19)15-14-10(17)8-5-11-3-4-12-8/h3-6,15H,1-2H3,(H,14,17). The Labute approximate surface area is 115 Å². The van der Waals surface area contributed by atoms with Crippen LogP contribution >= 0.6 is 0 Å². The van der Waals surface area contributed by atoms with Crippen LogP contribution in [0.4, 0.5) is 0 Å². The number of hydrogen-bond acceptors (Lipinski definition) is 6. The Morgan fingerprint density at radius 3 is 2.60 bits per heavy atom. The molecule has 1 amide bonds. The van der Waals surface area contributed by atoms with Gasteiger partial charge in [0.05, 0.1) is 18.1 Å². The van der Waals surface area contributed by atoms with E-state index in [1.165, 1.54) is 29.5 Å². The molecule has 2 aromatic rings. The maximum atomic E-state index is 12.0. The summed E-state index contributed by atoms with van der Waals surface area (Å²) in [5.74, 6) is -0.705. The summed E-state index contributed by atoms with van der Waals surface area (Å²) < 4.78 is 25.4. The van der Waals surface area contributed by atoms with E-state index in [1.807, 2.05) is 4.83 Å². The molecule has 0 radical (unpaired) electrons. The molecule has 2 heterocycles. The third-order valence-electron chi connectivity index (χ3n) is 2.57. The lowest BCUT2D eigenvalue weighted by Crippen LogP contribution is -2.42. The molecule has 0 aliphatic heterocycles. The van der Waals surface area contributed by atoms with Gasteiger partial charge in [0.1, 0.15) is 10.6 Å². The van der Waals surface area contributed by atoms with Gasteiger partial charge in [0.25, 0.3) is 15.9 Å². The molecule has 2 rings (SSSR count). The topological polar surface area (TPSA) is 119 Å². The predicted octanol–water partition coefficient (Wildman–Crippen LogP) is -0.858. The number of nitrogens with one attached hydrogen (secondary N) is 2. The summed E-state index contributed by atoms with van der Waals surface area (Å²) in [5, 5.41) is 3.83. The minimum absolute atomic E-state index is 0.00175. The molecule has 0 aliphatic carbocycles. The second-order valence-electron chi connectivity index (χ2n) is 3.87. The number of amides is 1. The van der Waals surface area contributed by atoms with E-state index in [0.29, 0.717) is 5.69 Å². The fourth-order valence-corrected chi connectivity index (χ4v) is 2.44. The third-order valence-corrected chi connectivity index (χ3v) is 3.93. The van der Waals surface area contributed by atoms with Gasteiger partial charge in [0, 0.05) is 19.4 Å². The summed E-state index contributed by atoms with van der Waals surface area (Å²) in [5.41, 5.74) is 2.51. The smallest absolute Gasteiger partial charge is 0.272 e. The number of aromatic nitrogens is 4. The molecule has 0 aromatic carbocycles. The minimum atomic E-state index is -3.89. The summed E-state index contributed by atoms with van der Waals surface area (Å²) in [6.07, 6.45) is 5.15. The molecule has 0 spiro atoms. The van der Waals surface area contributed by atoms with Gasteiger partial charge in [-0.25, -0.2) is 13.4 Å². The lowest BCUT2D eigenvalue weighted by Gasteiger charge is -2.07. The molecule has 0 saturated heterocycles. The van der Waals surface area contributed by atoms with Crippen molar-refractivity contribution in [1.29, 1.82) is 0 Å². The van der Waals surface area contributed by atoms with Gasteiger partial charge in [-0.3, -0.25) is 19.9 Å². The van der Waals surface area contributed by atoms with Crippen molar-refractivity contribution in [1.82, 2.24) is 30.0 Å². The van der Waals surface area contributed by atoms with Crippen LogP contribution < -0.4 is 10.3 Å². The molecule has 0 saturated carbocycles. The Morgan fingerprint density at radius 2 is 2.05 bits per heavy atom. The molecule has 0 atom stereocenters. The molecule has 10 heteroatoms. The number of sulfonamides is 1. The fraction of sp³-hybridized carbons (Fsp3) is 0.200. The van der Waals surface area contributed by atoms with E-state index in [-0.39, 0.29) is 10.6 Å². The first-order chi connectivity index (χ1) is 9.42. The van der Waals surface area contributed by atoms with E-state index in [2.05, 4.69) is 20.5 Å². The zero-order valence-corrected chi connectivity index (χ0v) is 11.5. The van der Waals surface area contributed by atoms with E-state index in [4.69, 9.17) is 0 Å². The quantitative estimate of drug-likeness (QED) is 0.709. The molecule has 0 bridgehead atoms. The average Bonchev–Trinajstić information content (AvgIpc) is 2.78. The van der Waals surface area contributed by atoms with Gasteiger partial charge >= 0.3 is 0 Å². The lowest BCUT2D eigenvalue weighted by molar-refractivity contribution is 0.0939. The number of rotatable bonds is 4. The van der Waals surface area contributed by atoms with Gasteiger partial charge < -0.3 is 0 Å². The molecule has 106 valence electrons. The van der Waals surface area contributed by atoms with Gasteiger partial charge in [-0.1, -0.05) is 0 Å². The predicted molar refractivity (Wildman–Crippen MR) is 67.8 cm³/mol. The second-order valence-corrected chi connectivity index (χ2v) is 5.52. The van der Waals surface area contributed by atoms with E-state index in [1.54, 1.807) is 14.0 Å². The normalized spacial score (nSPS) is 11.3. The fourth-order valence-electron chi connectivity index (χ4n) is 1.39. The highest BCUT2D eigenvalue weighted by molar-refractivity contribution is 7.89. The Bertz CT molecular complexity index is 725. The number of aryl methyl sites for hydroxylation is 1. The van der Waals surface area contributed by atoms with Gasteiger partial charge in [-0.2, -0.15) is 5.10 Å². The highest BCUT2D eigenvalue weighted by Gasteiger charge is 2.21. The SMILES string of the molecule is Cc1c(S(=O)(=O)NNC(=O)c2cnccn2)cnn1C. The largest absolute Gasteiger partial charge is 0.286 e. The van der Waals surface area contributed by atoms with Crippen molar-refractivity contribution in [3.05, 3.63) is 36.2 Å². The van der Waals surface area contributed by atoms with E-state index in [0.717, 1.165) is 0 Å². The van der Waals surface area contributed by atoms with E-state index >= 15 is 0 Å². The first kappa shape index (κ1) is 14.1. The molecule has 2 N–H and O–H groups in total. The molecular formula is C10H12N6O3S. The van der Waals surface area contributed by atoms with Crippen molar-refractivity contribution in [3.63, 3.8) is 0 Å². The highest BCUT2D eigenvalue weighted by atomic mass is 32.2. The number of hydrogen-bond donors (Lipinski definition) is 2. The molecule has 2 aromatic heterocycles. The molecular weight excluding hydrogens is 284 g/mol. The van der Waals surface area contributed by atoms with Gasteiger partial charge in [-0.05, 0) is 6.92 Å². The first-order valence-electron chi connectivity index (χ1n) is 5.48. The summed E-state index contributed by atoms with van der Waals surface area (Å²) in [6, 6.07) is 0. The minimum Gasteiger partial charge on any atom is -0.272 e. The number of carbonyl (C=O) groups excluding carboxylic acids is 1. The number of nitrogens with zero attached hydrogens (tertiary/aromatic N) is 4. The molecule has 0 aliphatic rings. The van der Waals surface area contributed by atoms with Crippen LogP contribution in [0.1, 0.15) is 16.2 Å². The van der Waals surface area contributed by atoms with Gasteiger partial charge in [0.15, 0.2) is 0 Å². The van der Waals surface area contributed by atoms with Crippen LogP contribution in [-0.2, 0) is 17.1 Å². The number of carbonyl (C=O) groups is 1. The Morgan fingerprint density at radius 1 is 1.30 bits per heavy atom. The zero-order valence-electron chi connectivity index (χ0n) is 10.7. The van der Waals surface area contributed by atoms with Crippen LogP contribution in [0.2, 0.25) is 0 Å². The van der Waals surface area contributed by atoms with Crippen molar-refractivity contribution >= 4 is 15.9 Å². The van der Waals surface area contributed by atoms with Crippen molar-refractivity contribution in [2.45, 2.75) is 11.8 Å². The second kappa shape index (κ2) is 5.35. The van der Waals surface area contributed by atoms with Crippen molar-refractivity contribution < 1.29 is 13.2 Å². The van der Waals surface area contributed by atoms with E-state index in [9.17, 15) is 13.2 Å². The monoisotopic (exact) mass is 296 g/mol. The van der Waals surface area contributed by atoms with Crippen LogP contribution in [-0.4, -0.2) is 34.1 Å². The van der Waals surface area contributed by atoms with Crippen LogP contribution in [0.15, 0.2) is 29.7 Å². The zero-order chi connectivity index (χ0) is 14.8. The van der Waals surface area contributed by atoms with Crippen molar-refractivity contribution in [2.75, 3.05) is 0 Å². The Balaban J connectivity index is 2.11. The maximum absolute atomic E-state index is 12.0. The van der Waals surface area contributed by atoms with Crippen molar-refractivity contribution in [2.24, 2.45) is 7.05 Å². The Kier molecular flexibility index (Phi) is 3.77. The maximum Gasteiger partial charge on any atom is 0.286 e. The molecule has 0 fully saturated rings. The van der Waals surface area contributed by atoms with Gasteiger partial charge in [-0.15, -0.1) is 4.83 Å². The highest BCUT2D eigenvalue weighted by Crippen LogP contribution is 2.11. The van der Waals surface area contributed by atoms with Crippen LogP contribution in [0.25, 0.3) is 0 Å². The summed E-state index contributed by atoms with van der Waals surface area (Å²) >= 11 is 0. The number of hydrazine groups is 1. The first-order valence-corrected chi connectivity index (χ1v) is 6.97. The summed E-state index contributed by atoms with van der Waals surface area (Å²) in [6.45, 7) is 1.60. The average molecular weight is 296 g/mol. The summed E-state index contributed by atoms with van der Waals surface area (Å²) in [7, 11) is -2.27. The lowest BCUT2D eigenvalue weighted by atomic mass is 10.4. The summed E-state index contributed by atoms with van der Waals surface area (Å²) in [4.78, 5) is 21.1. The third kappa shape index (κ3) is 2.81. The Hall–Kier alpha value is -2.33. The van der Waals surface area contributed by atoms with Crippen LogP contribution in [0, 0.1) is 6.92 Å². The molecule has 0 unspecified atom stereocenters. The van der Waals surface area contributed by atoms with Crippen LogP contribution in [0.3, 0.4) is 0 Å².